The van der Waals surface area contributed by atoms with E-state index in [9.17, 15) is 0 Å². The van der Waals surface area contributed by atoms with Gasteiger partial charge in [-0.3, -0.25) is 0 Å². The van der Waals surface area contributed by atoms with Gasteiger partial charge in [0.05, 0.1) is 13.7 Å². The van der Waals surface area contributed by atoms with Gasteiger partial charge in [-0.25, -0.2) is 0 Å². The molecule has 250 valence electrons. The third-order valence-corrected chi connectivity index (χ3v) is 20.7. The summed E-state index contributed by atoms with van der Waals surface area (Å²) < 4.78 is 9.88. The lowest BCUT2D eigenvalue weighted by Gasteiger charge is -2.61. The highest BCUT2D eigenvalue weighted by Crippen LogP contribution is 2.63. The van der Waals surface area contributed by atoms with Gasteiger partial charge in [0.1, 0.15) is 6.54 Å². The van der Waals surface area contributed by atoms with Crippen LogP contribution in [0.4, 0.5) is 0 Å². The molecule has 0 saturated carbocycles. The molecule has 0 spiro atoms. The average molecular weight is 631 g/mol. The second-order valence-electron chi connectivity index (χ2n) is 17.2. The van der Waals surface area contributed by atoms with E-state index in [-0.39, 0.29) is 16.1 Å². The summed E-state index contributed by atoms with van der Waals surface area (Å²) in [6, 6.07) is 6.73. The van der Waals surface area contributed by atoms with Crippen LogP contribution in [0.3, 0.4) is 0 Å². The number of hydrogen-bond donors (Lipinski definition) is 0. The highest BCUT2D eigenvalue weighted by molar-refractivity contribution is 6.83. The molecule has 1 aromatic heterocycles. The van der Waals surface area contributed by atoms with Crippen molar-refractivity contribution < 1.29 is 8.99 Å². The smallest absolute Gasteiger partial charge is 0.184 e. The lowest BCUT2D eigenvalue weighted by atomic mass is 9.68. The molecular weight excluding hydrogens is 555 g/mol. The van der Waals surface area contributed by atoms with E-state index in [1.807, 2.05) is 0 Å². The summed E-state index contributed by atoms with van der Waals surface area (Å²) in [4.78, 5) is 0. The molecule has 1 aromatic rings. The molecule has 2 rings (SSSR count). The minimum absolute atomic E-state index is 0.0748. The summed E-state index contributed by atoms with van der Waals surface area (Å²) in [5.74, 6) is 0. The fourth-order valence-electron chi connectivity index (χ4n) is 8.46. The number of rotatable bonds is 18. The zero-order chi connectivity index (χ0) is 32.5. The first-order valence-corrected chi connectivity index (χ1v) is 24.9. The first kappa shape index (κ1) is 38.7. The van der Waals surface area contributed by atoms with Crippen LogP contribution >= 0.6 is 0 Å². The predicted molar refractivity (Wildman–Crippen MR) is 197 cm³/mol. The quantitative estimate of drug-likeness (QED) is 0.0893. The lowest BCUT2D eigenvalue weighted by Crippen LogP contribution is -2.62. The molecule has 0 aromatic carbocycles. The number of pyridine rings is 1. The van der Waals surface area contributed by atoms with E-state index in [1.165, 1.54) is 109 Å². The van der Waals surface area contributed by atoms with Crippen LogP contribution in [0.1, 0.15) is 156 Å². The van der Waals surface area contributed by atoms with Gasteiger partial charge in [0.25, 0.3) is 0 Å². The fraction of sp³-hybridized carbons (Fsp3) is 0.872. The molecule has 4 heteroatoms. The molecule has 2 atom stereocenters. The van der Waals surface area contributed by atoms with Gasteiger partial charge in [0, 0.05) is 31.4 Å². The Morgan fingerprint density at radius 3 is 1.98 bits per heavy atom. The van der Waals surface area contributed by atoms with Crippen LogP contribution in [0.2, 0.25) is 42.8 Å². The maximum Gasteiger partial charge on any atom is 0.184 e. The van der Waals surface area contributed by atoms with Crippen LogP contribution in [-0.4, -0.2) is 22.0 Å². The van der Waals surface area contributed by atoms with Gasteiger partial charge >= 0.3 is 0 Å². The van der Waals surface area contributed by atoms with E-state index in [2.05, 4.69) is 105 Å². The van der Waals surface area contributed by atoms with Crippen molar-refractivity contribution in [2.45, 2.75) is 214 Å². The van der Waals surface area contributed by atoms with Crippen molar-refractivity contribution in [2.24, 2.45) is 5.41 Å². The predicted octanol–water partition coefficient (Wildman–Crippen LogP) is 12.2. The maximum absolute atomic E-state index is 7.05. The van der Waals surface area contributed by atoms with Gasteiger partial charge in [-0.15, -0.1) is 0 Å². The zero-order valence-corrected chi connectivity index (χ0v) is 33.6. The van der Waals surface area contributed by atoms with Crippen LogP contribution in [0.15, 0.2) is 12.1 Å². The Kier molecular flexibility index (Phi) is 14.8. The molecule has 1 aliphatic heterocycles. The molecule has 0 saturated heterocycles. The molecule has 0 radical (unpaired) electrons. The normalized spacial score (nSPS) is 20.5. The van der Waals surface area contributed by atoms with E-state index in [1.54, 1.807) is 17.0 Å². The number of aryl methyl sites for hydroxylation is 2. The molecule has 2 unspecified atom stereocenters. The number of aromatic nitrogens is 1. The van der Waals surface area contributed by atoms with Crippen LogP contribution in [0, 0.1) is 5.41 Å². The minimum Gasteiger partial charge on any atom is -0.412 e. The lowest BCUT2D eigenvalue weighted by molar-refractivity contribution is -0.711. The molecule has 1 aliphatic rings. The molecule has 0 bridgehead atoms. The van der Waals surface area contributed by atoms with Gasteiger partial charge in [0.2, 0.25) is 0 Å². The summed E-state index contributed by atoms with van der Waals surface area (Å²) in [6.45, 7) is 33.5. The molecular formula is C39H76NOSi2+. The Labute approximate surface area is 272 Å². The average Bonchev–Trinajstić information content (AvgIpc) is 2.89. The molecule has 0 amide bonds. The van der Waals surface area contributed by atoms with E-state index in [0.717, 1.165) is 5.54 Å². The Bertz CT molecular complexity index is 976. The molecule has 0 aliphatic carbocycles. The molecule has 43 heavy (non-hydrogen) atoms. The Balaban J connectivity index is 2.63. The van der Waals surface area contributed by atoms with Crippen LogP contribution in [-0.2, 0) is 30.2 Å². The molecule has 0 N–H and O–H groups in total. The van der Waals surface area contributed by atoms with Crippen molar-refractivity contribution in [3.8, 4) is 0 Å². The van der Waals surface area contributed by atoms with Crippen LogP contribution in [0.5, 0.6) is 0 Å². The zero-order valence-electron chi connectivity index (χ0n) is 31.6. The Hall–Kier alpha value is -0.456. The Morgan fingerprint density at radius 1 is 0.814 bits per heavy atom. The number of nitrogens with zero attached hydrogens (tertiary/aromatic N) is 1. The molecule has 2 heterocycles. The summed E-state index contributed by atoms with van der Waals surface area (Å²) in [5, 5.41) is 0.240. The van der Waals surface area contributed by atoms with E-state index >= 15 is 0 Å². The van der Waals surface area contributed by atoms with Gasteiger partial charge < -0.3 is 4.43 Å². The van der Waals surface area contributed by atoms with E-state index in [4.69, 9.17) is 4.43 Å². The van der Waals surface area contributed by atoms with Gasteiger partial charge in [-0.1, -0.05) is 119 Å². The van der Waals surface area contributed by atoms with Crippen LogP contribution < -0.4 is 4.57 Å². The largest absolute Gasteiger partial charge is 0.412 e. The first-order chi connectivity index (χ1) is 20.0. The van der Waals surface area contributed by atoms with Gasteiger partial charge in [0.15, 0.2) is 19.7 Å². The molecule has 0 fully saturated rings. The fourth-order valence-corrected chi connectivity index (χ4v) is 16.4. The third kappa shape index (κ3) is 9.77. The summed E-state index contributed by atoms with van der Waals surface area (Å²) in [5.41, 5.74) is 5.65. The van der Waals surface area contributed by atoms with Crippen molar-refractivity contribution in [3.05, 3.63) is 29.1 Å². The Morgan fingerprint density at radius 2 is 1.40 bits per heavy atom. The highest BCUT2D eigenvalue weighted by Gasteiger charge is 2.60. The second-order valence-corrected chi connectivity index (χ2v) is 27.0. The summed E-state index contributed by atoms with van der Waals surface area (Å²) >= 11 is 0. The molecule has 2 nitrogen and oxygen atoms in total. The summed E-state index contributed by atoms with van der Waals surface area (Å²) in [7, 11) is -3.50. The van der Waals surface area contributed by atoms with Crippen molar-refractivity contribution in [1.82, 2.24) is 0 Å². The second kappa shape index (κ2) is 16.4. The third-order valence-electron chi connectivity index (χ3n) is 12.4. The van der Waals surface area contributed by atoms with E-state index < -0.39 is 16.4 Å². The van der Waals surface area contributed by atoms with Crippen molar-refractivity contribution >= 4 is 16.4 Å². The van der Waals surface area contributed by atoms with Crippen molar-refractivity contribution in [2.75, 3.05) is 0 Å². The van der Waals surface area contributed by atoms with Gasteiger partial charge in [-0.05, 0) is 74.3 Å². The van der Waals surface area contributed by atoms with E-state index in [0.29, 0.717) is 0 Å². The standard InChI is InChI=1S/C39H76NOSi2/c1-14-17-20-23-27-36-32-35-31-33(25-21-18-15-2)30-34(26-22-19-16-3)40(35)28-24-29-43(36,13)39(8,9)37(4,5)38(6,7)41-42(10,11)12/h30-31,36H,14-29,32H2,1-13H3/q+1. The highest BCUT2D eigenvalue weighted by atomic mass is 28.4. The first-order valence-electron chi connectivity index (χ1n) is 18.7. The number of fused-ring (bicyclic) bond motifs is 1. The van der Waals surface area contributed by atoms with Crippen molar-refractivity contribution in [3.63, 3.8) is 0 Å². The minimum atomic E-state index is -1.80. The van der Waals surface area contributed by atoms with Crippen molar-refractivity contribution in [1.29, 1.82) is 0 Å². The van der Waals surface area contributed by atoms with Gasteiger partial charge in [-0.2, -0.15) is 4.57 Å². The monoisotopic (exact) mass is 631 g/mol. The topological polar surface area (TPSA) is 13.1 Å². The number of hydrogen-bond acceptors (Lipinski definition) is 1. The number of unbranched alkanes of at least 4 members (excludes halogenated alkanes) is 7. The SMILES string of the molecule is CCCCCCC1Cc2cc(CCCCC)cc(CCCCC)[n+]2CCC[Si]1(C)C(C)(C)C(C)(C)C(C)(C)O[Si](C)(C)C. The van der Waals surface area contributed by atoms with Crippen LogP contribution in [0.25, 0.3) is 0 Å². The maximum atomic E-state index is 7.05. The summed E-state index contributed by atoms with van der Waals surface area (Å²) in [6.07, 6.45) is 20.0.